The van der Waals surface area contributed by atoms with Crippen molar-refractivity contribution in [2.24, 2.45) is 0 Å². The van der Waals surface area contributed by atoms with Crippen LogP contribution < -0.4 is 5.32 Å². The molecule has 0 spiro atoms. The number of nitrogens with zero attached hydrogens (tertiary/aromatic N) is 1. The van der Waals surface area contributed by atoms with E-state index in [9.17, 15) is 9.59 Å². The fourth-order valence-corrected chi connectivity index (χ4v) is 2.25. The lowest BCUT2D eigenvalue weighted by molar-refractivity contribution is 0.0698. The number of pyridine rings is 1. The Bertz CT molecular complexity index is 712. The van der Waals surface area contributed by atoms with Crippen molar-refractivity contribution in [3.05, 3.63) is 57.3 Å². The number of benzene rings is 1. The molecular weight excluding hydrogens is 315 g/mol. The third kappa shape index (κ3) is 3.51. The van der Waals surface area contributed by atoms with Crippen molar-refractivity contribution >= 4 is 40.8 Å². The van der Waals surface area contributed by atoms with Crippen LogP contribution in [0.1, 0.15) is 26.4 Å². The van der Waals surface area contributed by atoms with Crippen molar-refractivity contribution in [3.8, 4) is 0 Å². The fourth-order valence-electron chi connectivity index (χ4n) is 1.77. The van der Waals surface area contributed by atoms with Crippen LogP contribution in [-0.4, -0.2) is 22.0 Å². The summed E-state index contributed by atoms with van der Waals surface area (Å²) in [5, 5.41) is 11.9. The van der Waals surface area contributed by atoms with Gasteiger partial charge in [0.15, 0.2) is 0 Å². The second kappa shape index (κ2) is 6.11. The first-order valence-corrected chi connectivity index (χ1v) is 6.61. The van der Waals surface area contributed by atoms with Crippen molar-refractivity contribution in [1.82, 2.24) is 4.98 Å². The number of amides is 1. The smallest absolute Gasteiger partial charge is 0.337 e. The van der Waals surface area contributed by atoms with Gasteiger partial charge in [0.1, 0.15) is 5.15 Å². The summed E-state index contributed by atoms with van der Waals surface area (Å²) in [7, 11) is 0. The van der Waals surface area contributed by atoms with Gasteiger partial charge in [0.05, 0.1) is 16.3 Å². The number of carbonyl (C=O) groups is 2. The van der Waals surface area contributed by atoms with Gasteiger partial charge in [0.25, 0.3) is 5.91 Å². The minimum Gasteiger partial charge on any atom is -0.478 e. The Labute approximate surface area is 130 Å². The lowest BCUT2D eigenvalue weighted by atomic mass is 10.1. The Morgan fingerprint density at radius 1 is 1.24 bits per heavy atom. The lowest BCUT2D eigenvalue weighted by Crippen LogP contribution is -2.15. The molecule has 0 radical (unpaired) electrons. The largest absolute Gasteiger partial charge is 0.478 e. The first-order valence-electron chi connectivity index (χ1n) is 5.86. The molecule has 5 nitrogen and oxygen atoms in total. The summed E-state index contributed by atoms with van der Waals surface area (Å²) in [4.78, 5) is 27.3. The average Bonchev–Trinajstić information content (AvgIpc) is 2.39. The van der Waals surface area contributed by atoms with Crippen LogP contribution >= 0.6 is 23.2 Å². The Kier molecular flexibility index (Phi) is 4.45. The van der Waals surface area contributed by atoms with Crippen LogP contribution in [0.15, 0.2) is 30.3 Å². The number of carboxylic acid groups (broad SMARTS) is 1. The molecule has 0 atom stereocenters. The third-order valence-electron chi connectivity index (χ3n) is 2.67. The molecule has 108 valence electrons. The highest BCUT2D eigenvalue weighted by Gasteiger charge is 2.17. The highest BCUT2D eigenvalue weighted by molar-refractivity contribution is 6.35. The van der Waals surface area contributed by atoms with E-state index in [1.807, 2.05) is 0 Å². The molecule has 7 heteroatoms. The molecule has 21 heavy (non-hydrogen) atoms. The van der Waals surface area contributed by atoms with Gasteiger partial charge in [-0.1, -0.05) is 29.3 Å². The normalized spacial score (nSPS) is 10.2. The third-order valence-corrected chi connectivity index (χ3v) is 3.18. The molecule has 0 aliphatic carbocycles. The maximum atomic E-state index is 12.2. The quantitative estimate of drug-likeness (QED) is 0.844. The fraction of sp³-hybridized carbons (Fsp3) is 0.0714. The molecule has 0 saturated carbocycles. The van der Waals surface area contributed by atoms with Crippen molar-refractivity contribution in [2.75, 3.05) is 5.32 Å². The molecule has 2 rings (SSSR count). The second-order valence-electron chi connectivity index (χ2n) is 4.24. The van der Waals surface area contributed by atoms with Crippen LogP contribution in [0.5, 0.6) is 0 Å². The van der Waals surface area contributed by atoms with E-state index in [4.69, 9.17) is 28.3 Å². The van der Waals surface area contributed by atoms with Crippen LogP contribution in [0.2, 0.25) is 10.2 Å². The predicted octanol–water partition coefficient (Wildman–Crippen LogP) is 3.65. The first-order chi connectivity index (χ1) is 9.88. The number of hydrogen-bond acceptors (Lipinski definition) is 3. The molecule has 0 aliphatic heterocycles. The molecule has 1 heterocycles. The van der Waals surface area contributed by atoms with Crippen LogP contribution in [-0.2, 0) is 0 Å². The number of aryl methyl sites for hydroxylation is 1. The second-order valence-corrected chi connectivity index (χ2v) is 5.04. The zero-order valence-electron chi connectivity index (χ0n) is 10.9. The summed E-state index contributed by atoms with van der Waals surface area (Å²) >= 11 is 11.7. The number of carbonyl (C=O) groups excluding carboxylic acids is 1. The van der Waals surface area contributed by atoms with E-state index < -0.39 is 11.9 Å². The van der Waals surface area contributed by atoms with E-state index in [0.29, 0.717) is 5.69 Å². The Hall–Kier alpha value is -2.11. The van der Waals surface area contributed by atoms with Crippen molar-refractivity contribution in [3.63, 3.8) is 0 Å². The maximum Gasteiger partial charge on any atom is 0.337 e. The van der Waals surface area contributed by atoms with Gasteiger partial charge in [-0.15, -0.1) is 0 Å². The summed E-state index contributed by atoms with van der Waals surface area (Å²) in [6, 6.07) is 7.28. The molecule has 2 aromatic rings. The lowest BCUT2D eigenvalue weighted by Gasteiger charge is -2.10. The number of aromatic carboxylic acids is 1. The summed E-state index contributed by atoms with van der Waals surface area (Å²) in [6.07, 6.45) is 0. The van der Waals surface area contributed by atoms with Gasteiger partial charge in [-0.05, 0) is 31.2 Å². The number of hydrogen-bond donors (Lipinski definition) is 2. The van der Waals surface area contributed by atoms with Gasteiger partial charge >= 0.3 is 5.97 Å². The molecule has 1 aromatic heterocycles. The number of nitrogens with one attached hydrogen (secondary N) is 1. The highest BCUT2D eigenvalue weighted by atomic mass is 35.5. The molecule has 0 unspecified atom stereocenters. The van der Waals surface area contributed by atoms with Gasteiger partial charge in [0, 0.05) is 11.3 Å². The number of carboxylic acids is 1. The Balaban J connectivity index is 2.38. The van der Waals surface area contributed by atoms with E-state index >= 15 is 0 Å². The van der Waals surface area contributed by atoms with Crippen LogP contribution in [0, 0.1) is 6.92 Å². The average molecular weight is 325 g/mol. The van der Waals surface area contributed by atoms with Crippen LogP contribution in [0.3, 0.4) is 0 Å². The van der Waals surface area contributed by atoms with Crippen LogP contribution in [0.4, 0.5) is 5.69 Å². The highest BCUT2D eigenvalue weighted by Crippen LogP contribution is 2.26. The van der Waals surface area contributed by atoms with E-state index in [0.717, 1.165) is 0 Å². The van der Waals surface area contributed by atoms with Crippen molar-refractivity contribution in [1.29, 1.82) is 0 Å². The van der Waals surface area contributed by atoms with E-state index in [1.165, 1.54) is 24.3 Å². The first kappa shape index (κ1) is 15.3. The molecule has 1 aromatic carbocycles. The molecule has 0 bridgehead atoms. The molecule has 1 amide bonds. The molecular formula is C14H10Cl2N2O3. The van der Waals surface area contributed by atoms with Crippen molar-refractivity contribution in [2.45, 2.75) is 6.92 Å². The van der Waals surface area contributed by atoms with Gasteiger partial charge in [0.2, 0.25) is 0 Å². The zero-order valence-corrected chi connectivity index (χ0v) is 12.4. The zero-order chi connectivity index (χ0) is 15.6. The molecule has 2 N–H and O–H groups in total. The summed E-state index contributed by atoms with van der Waals surface area (Å²) < 4.78 is 0. The van der Waals surface area contributed by atoms with E-state index in [2.05, 4.69) is 10.3 Å². The number of rotatable bonds is 3. The minimum atomic E-state index is -1.18. The number of para-hydroxylation sites is 1. The molecule has 0 saturated heterocycles. The molecule has 0 aliphatic rings. The summed E-state index contributed by atoms with van der Waals surface area (Å²) in [5.74, 6) is -1.70. The Morgan fingerprint density at radius 3 is 2.57 bits per heavy atom. The van der Waals surface area contributed by atoms with Gasteiger partial charge in [-0.2, -0.15) is 0 Å². The maximum absolute atomic E-state index is 12.2. The number of halogens is 2. The minimum absolute atomic E-state index is 0.0438. The Morgan fingerprint density at radius 2 is 1.95 bits per heavy atom. The topological polar surface area (TPSA) is 79.3 Å². The monoisotopic (exact) mass is 324 g/mol. The van der Waals surface area contributed by atoms with E-state index in [-0.39, 0.29) is 27.0 Å². The van der Waals surface area contributed by atoms with Gasteiger partial charge < -0.3 is 10.4 Å². The van der Waals surface area contributed by atoms with E-state index in [1.54, 1.807) is 13.0 Å². The summed E-state index contributed by atoms with van der Waals surface area (Å²) in [6.45, 7) is 1.70. The van der Waals surface area contributed by atoms with Gasteiger partial charge in [-0.3, -0.25) is 4.79 Å². The van der Waals surface area contributed by atoms with Crippen molar-refractivity contribution < 1.29 is 14.7 Å². The summed E-state index contributed by atoms with van der Waals surface area (Å²) in [5.41, 5.74) is 0.795. The SMILES string of the molecule is Cc1cc(C(=O)Nc2c(Cl)cccc2C(=O)O)cc(Cl)n1. The molecule has 0 fully saturated rings. The van der Waals surface area contributed by atoms with Gasteiger partial charge in [-0.25, -0.2) is 9.78 Å². The number of anilines is 1. The van der Waals surface area contributed by atoms with Crippen LogP contribution in [0.25, 0.3) is 0 Å². The standard InChI is InChI=1S/C14H10Cl2N2O3/c1-7-5-8(6-11(16)17-7)13(19)18-12-9(14(20)21)3-2-4-10(12)15/h2-6H,1H3,(H,18,19)(H,20,21). The number of aromatic nitrogens is 1. The predicted molar refractivity (Wildman–Crippen MR) is 80.3 cm³/mol.